The highest BCUT2D eigenvalue weighted by molar-refractivity contribution is 7.99. The molecular formula is C10H19NOS. The summed E-state index contributed by atoms with van der Waals surface area (Å²) in [5.41, 5.74) is 0. The van der Waals surface area contributed by atoms with Crippen molar-refractivity contribution in [1.29, 1.82) is 0 Å². The van der Waals surface area contributed by atoms with Crippen molar-refractivity contribution in [2.45, 2.75) is 25.3 Å². The van der Waals surface area contributed by atoms with E-state index in [1.807, 2.05) is 0 Å². The molecule has 0 amide bonds. The third-order valence-corrected chi connectivity index (χ3v) is 4.46. The van der Waals surface area contributed by atoms with Crippen LogP contribution in [0, 0.1) is 11.8 Å². The van der Waals surface area contributed by atoms with Crippen LogP contribution in [0.25, 0.3) is 0 Å². The Labute approximate surface area is 84.5 Å². The highest BCUT2D eigenvalue weighted by Crippen LogP contribution is 2.31. The molecule has 2 aliphatic rings. The Hall–Kier alpha value is 0.270. The van der Waals surface area contributed by atoms with Crippen LogP contribution in [0.2, 0.25) is 0 Å². The van der Waals surface area contributed by atoms with Gasteiger partial charge in [-0.25, -0.2) is 0 Å². The van der Waals surface area contributed by atoms with Crippen molar-refractivity contribution < 1.29 is 5.11 Å². The second kappa shape index (κ2) is 4.67. The first kappa shape index (κ1) is 9.81. The standard InChI is InChI=1S/C10H19NOS/c12-6-10-4-9(5-11-10)3-8-1-2-13-7-8/h8-12H,1-7H2. The number of nitrogens with one attached hydrogen (secondary N) is 1. The van der Waals surface area contributed by atoms with Gasteiger partial charge in [-0.2, -0.15) is 11.8 Å². The number of hydrogen-bond donors (Lipinski definition) is 2. The summed E-state index contributed by atoms with van der Waals surface area (Å²) < 4.78 is 0. The Morgan fingerprint density at radius 1 is 1.38 bits per heavy atom. The van der Waals surface area contributed by atoms with Crippen LogP contribution in [-0.2, 0) is 0 Å². The zero-order valence-electron chi connectivity index (χ0n) is 8.04. The Bertz CT molecular complexity index is 159. The molecule has 2 heterocycles. The van der Waals surface area contributed by atoms with Crippen LogP contribution in [0.3, 0.4) is 0 Å². The molecule has 3 atom stereocenters. The van der Waals surface area contributed by atoms with Crippen LogP contribution >= 0.6 is 11.8 Å². The quantitative estimate of drug-likeness (QED) is 0.717. The lowest BCUT2D eigenvalue weighted by Gasteiger charge is -2.13. The average Bonchev–Trinajstić information content (AvgIpc) is 2.76. The van der Waals surface area contributed by atoms with Gasteiger partial charge in [-0.15, -0.1) is 0 Å². The van der Waals surface area contributed by atoms with Gasteiger partial charge >= 0.3 is 0 Å². The van der Waals surface area contributed by atoms with Gasteiger partial charge in [-0.05, 0) is 49.1 Å². The molecule has 0 aliphatic carbocycles. The van der Waals surface area contributed by atoms with Crippen molar-refractivity contribution in [2.24, 2.45) is 11.8 Å². The minimum Gasteiger partial charge on any atom is -0.395 e. The third kappa shape index (κ3) is 2.61. The van der Waals surface area contributed by atoms with E-state index in [0.29, 0.717) is 12.6 Å². The summed E-state index contributed by atoms with van der Waals surface area (Å²) in [5.74, 6) is 4.55. The third-order valence-electron chi connectivity index (χ3n) is 3.22. The summed E-state index contributed by atoms with van der Waals surface area (Å²) in [6, 6.07) is 0.388. The van der Waals surface area contributed by atoms with Crippen molar-refractivity contribution in [3.05, 3.63) is 0 Å². The molecule has 3 heteroatoms. The number of aliphatic hydroxyl groups excluding tert-OH is 1. The molecule has 0 saturated carbocycles. The summed E-state index contributed by atoms with van der Waals surface area (Å²) in [6.07, 6.45) is 4.00. The first-order valence-corrected chi connectivity index (χ1v) is 6.46. The molecule has 13 heavy (non-hydrogen) atoms. The summed E-state index contributed by atoms with van der Waals surface area (Å²) in [7, 11) is 0. The van der Waals surface area contributed by atoms with E-state index in [2.05, 4.69) is 17.1 Å². The molecule has 3 unspecified atom stereocenters. The fraction of sp³-hybridized carbons (Fsp3) is 1.00. The number of thioether (sulfide) groups is 1. The summed E-state index contributed by atoms with van der Waals surface area (Å²) in [6.45, 7) is 1.45. The van der Waals surface area contributed by atoms with Gasteiger partial charge in [-0.3, -0.25) is 0 Å². The molecule has 0 aromatic carbocycles. The second-order valence-corrected chi connectivity index (χ2v) is 5.50. The fourth-order valence-electron chi connectivity index (χ4n) is 2.46. The highest BCUT2D eigenvalue weighted by atomic mass is 32.2. The van der Waals surface area contributed by atoms with Crippen LogP contribution in [0.15, 0.2) is 0 Å². The molecule has 0 aromatic heterocycles. The van der Waals surface area contributed by atoms with Gasteiger partial charge in [-0.1, -0.05) is 0 Å². The van der Waals surface area contributed by atoms with Crippen molar-refractivity contribution in [1.82, 2.24) is 5.32 Å². The molecule has 2 N–H and O–H groups in total. The van der Waals surface area contributed by atoms with E-state index in [1.165, 1.54) is 30.8 Å². The maximum atomic E-state index is 8.98. The second-order valence-electron chi connectivity index (χ2n) is 4.35. The minimum absolute atomic E-state index is 0.315. The SMILES string of the molecule is OCC1CC(CC2CCSC2)CN1. The molecule has 2 aliphatic heterocycles. The van der Waals surface area contributed by atoms with E-state index < -0.39 is 0 Å². The lowest BCUT2D eigenvalue weighted by atomic mass is 9.92. The van der Waals surface area contributed by atoms with Gasteiger partial charge in [0.1, 0.15) is 0 Å². The Morgan fingerprint density at radius 2 is 2.31 bits per heavy atom. The summed E-state index contributed by atoms with van der Waals surface area (Å²) >= 11 is 2.10. The molecule has 76 valence electrons. The van der Waals surface area contributed by atoms with Crippen LogP contribution in [-0.4, -0.2) is 35.8 Å². The molecule has 0 bridgehead atoms. The van der Waals surface area contributed by atoms with Crippen molar-refractivity contribution in [2.75, 3.05) is 24.7 Å². The van der Waals surface area contributed by atoms with Crippen LogP contribution in [0.1, 0.15) is 19.3 Å². The van der Waals surface area contributed by atoms with Crippen molar-refractivity contribution in [3.63, 3.8) is 0 Å². The Kier molecular flexibility index (Phi) is 3.52. The molecule has 2 fully saturated rings. The van der Waals surface area contributed by atoms with Gasteiger partial charge in [0.2, 0.25) is 0 Å². The van der Waals surface area contributed by atoms with Gasteiger partial charge < -0.3 is 10.4 Å². The monoisotopic (exact) mass is 201 g/mol. The molecule has 2 saturated heterocycles. The predicted molar refractivity (Wildman–Crippen MR) is 57.0 cm³/mol. The van der Waals surface area contributed by atoms with Crippen LogP contribution in [0.5, 0.6) is 0 Å². The topological polar surface area (TPSA) is 32.3 Å². The summed E-state index contributed by atoms with van der Waals surface area (Å²) in [4.78, 5) is 0. The maximum Gasteiger partial charge on any atom is 0.0584 e. The molecule has 0 spiro atoms. The van der Waals surface area contributed by atoms with E-state index in [1.54, 1.807) is 0 Å². The van der Waals surface area contributed by atoms with Gasteiger partial charge in [0.15, 0.2) is 0 Å². The maximum absolute atomic E-state index is 8.98. The summed E-state index contributed by atoms with van der Waals surface area (Å²) in [5, 5.41) is 12.4. The van der Waals surface area contributed by atoms with E-state index >= 15 is 0 Å². The zero-order valence-corrected chi connectivity index (χ0v) is 8.85. The first-order chi connectivity index (χ1) is 6.38. The number of hydrogen-bond acceptors (Lipinski definition) is 3. The highest BCUT2D eigenvalue weighted by Gasteiger charge is 2.27. The molecule has 2 nitrogen and oxygen atoms in total. The van der Waals surface area contributed by atoms with Gasteiger partial charge in [0, 0.05) is 6.04 Å². The normalized spacial score (nSPS) is 39.9. The molecule has 0 radical (unpaired) electrons. The van der Waals surface area contributed by atoms with Crippen molar-refractivity contribution in [3.8, 4) is 0 Å². The van der Waals surface area contributed by atoms with Crippen LogP contribution in [0.4, 0.5) is 0 Å². The minimum atomic E-state index is 0.315. The predicted octanol–water partition coefficient (Wildman–Crippen LogP) is 1.10. The van der Waals surface area contributed by atoms with Crippen LogP contribution < -0.4 is 5.32 Å². The lowest BCUT2D eigenvalue weighted by molar-refractivity contribution is 0.251. The Balaban J connectivity index is 1.70. The lowest BCUT2D eigenvalue weighted by Crippen LogP contribution is -2.24. The average molecular weight is 201 g/mol. The molecule has 0 aromatic rings. The molecule has 2 rings (SSSR count). The number of aliphatic hydroxyl groups is 1. The van der Waals surface area contributed by atoms with E-state index in [0.717, 1.165) is 18.4 Å². The first-order valence-electron chi connectivity index (χ1n) is 5.30. The fourth-order valence-corrected chi connectivity index (χ4v) is 3.76. The van der Waals surface area contributed by atoms with E-state index in [4.69, 9.17) is 5.11 Å². The zero-order chi connectivity index (χ0) is 9.10. The van der Waals surface area contributed by atoms with Crippen molar-refractivity contribution >= 4 is 11.8 Å². The number of rotatable bonds is 3. The van der Waals surface area contributed by atoms with E-state index in [-0.39, 0.29) is 0 Å². The van der Waals surface area contributed by atoms with E-state index in [9.17, 15) is 0 Å². The molecular weight excluding hydrogens is 182 g/mol. The van der Waals surface area contributed by atoms with Gasteiger partial charge in [0.05, 0.1) is 6.61 Å². The smallest absolute Gasteiger partial charge is 0.0584 e. The largest absolute Gasteiger partial charge is 0.395 e. The Morgan fingerprint density at radius 3 is 2.92 bits per heavy atom. The van der Waals surface area contributed by atoms with Gasteiger partial charge in [0.25, 0.3) is 0 Å².